The highest BCUT2D eigenvalue weighted by Crippen LogP contribution is 2.26. The quantitative estimate of drug-likeness (QED) is 0.759. The molecule has 7 heteroatoms. The molecule has 4 rings (SSSR count). The van der Waals surface area contributed by atoms with Gasteiger partial charge in [0.05, 0.1) is 17.6 Å². The van der Waals surface area contributed by atoms with Crippen molar-refractivity contribution in [1.29, 1.82) is 0 Å². The summed E-state index contributed by atoms with van der Waals surface area (Å²) in [6, 6.07) is 4.05. The van der Waals surface area contributed by atoms with E-state index in [1.54, 1.807) is 0 Å². The van der Waals surface area contributed by atoms with Crippen LogP contribution in [0.4, 0.5) is 5.82 Å². The Morgan fingerprint density at radius 1 is 1.30 bits per heavy atom. The topological polar surface area (TPSA) is 86.5 Å². The smallest absolute Gasteiger partial charge is 0.300 e. The number of aliphatic carboxylic acids is 1. The molecule has 0 aromatic carbocycles. The van der Waals surface area contributed by atoms with Crippen LogP contribution >= 0.6 is 0 Å². The number of anilines is 1. The number of hydrogen-bond acceptors (Lipinski definition) is 4. The third-order valence-corrected chi connectivity index (χ3v) is 3.69. The van der Waals surface area contributed by atoms with Crippen LogP contribution in [-0.2, 0) is 4.79 Å². The summed E-state index contributed by atoms with van der Waals surface area (Å²) in [7, 11) is 0. The van der Waals surface area contributed by atoms with Crippen molar-refractivity contribution >= 4 is 17.4 Å². The van der Waals surface area contributed by atoms with Crippen molar-refractivity contribution in [3.8, 4) is 11.4 Å². The van der Waals surface area contributed by atoms with Gasteiger partial charge in [0.2, 0.25) is 0 Å². The fourth-order valence-corrected chi connectivity index (χ4v) is 2.75. The molecular formula is C16H19N5O2. The van der Waals surface area contributed by atoms with E-state index in [0.717, 1.165) is 42.9 Å². The lowest BCUT2D eigenvalue weighted by atomic mass is 10.3. The number of hydrogen-bond donors (Lipinski definition) is 2. The van der Waals surface area contributed by atoms with E-state index in [1.807, 2.05) is 30.9 Å². The fraction of sp³-hybridized carbons (Fsp3) is 0.312. The molecule has 1 aliphatic heterocycles. The summed E-state index contributed by atoms with van der Waals surface area (Å²) < 4.78 is 2.10. The van der Waals surface area contributed by atoms with Gasteiger partial charge in [-0.1, -0.05) is 0 Å². The van der Waals surface area contributed by atoms with E-state index in [2.05, 4.69) is 30.3 Å². The van der Waals surface area contributed by atoms with Crippen LogP contribution in [-0.4, -0.2) is 43.5 Å². The average Bonchev–Trinajstić information content (AvgIpc) is 3.26. The first-order valence-electron chi connectivity index (χ1n) is 7.57. The van der Waals surface area contributed by atoms with Crippen LogP contribution < -0.4 is 4.90 Å². The predicted molar refractivity (Wildman–Crippen MR) is 87.5 cm³/mol. The first kappa shape index (κ1) is 15.1. The second-order valence-electron chi connectivity index (χ2n) is 5.38. The number of imidazole rings is 1. The first-order chi connectivity index (χ1) is 11.2. The molecular weight excluding hydrogens is 294 g/mol. The number of nitrogens with zero attached hydrogens (tertiary/aromatic N) is 4. The Morgan fingerprint density at radius 3 is 2.70 bits per heavy atom. The predicted octanol–water partition coefficient (Wildman–Crippen LogP) is 2.42. The van der Waals surface area contributed by atoms with Gasteiger partial charge in [0, 0.05) is 38.6 Å². The van der Waals surface area contributed by atoms with Crippen molar-refractivity contribution in [1.82, 2.24) is 19.4 Å². The highest BCUT2D eigenvalue weighted by molar-refractivity contribution is 5.70. The molecule has 7 nitrogen and oxygen atoms in total. The van der Waals surface area contributed by atoms with E-state index < -0.39 is 5.97 Å². The van der Waals surface area contributed by atoms with Crippen molar-refractivity contribution in [3.63, 3.8) is 0 Å². The van der Waals surface area contributed by atoms with Gasteiger partial charge in [0.15, 0.2) is 11.5 Å². The normalized spacial score (nSPS) is 13.9. The molecule has 120 valence electrons. The summed E-state index contributed by atoms with van der Waals surface area (Å²) in [5, 5.41) is 7.42. The average molecular weight is 313 g/mol. The van der Waals surface area contributed by atoms with Crippen LogP contribution in [0.5, 0.6) is 0 Å². The maximum atomic E-state index is 9.00. The molecule has 4 heterocycles. The van der Waals surface area contributed by atoms with Crippen LogP contribution in [0.1, 0.15) is 19.8 Å². The second-order valence-corrected chi connectivity index (χ2v) is 5.38. The van der Waals surface area contributed by atoms with Crippen LogP contribution in [0.25, 0.3) is 17.0 Å². The van der Waals surface area contributed by atoms with Gasteiger partial charge in [-0.05, 0) is 25.0 Å². The summed E-state index contributed by atoms with van der Waals surface area (Å²) in [6.07, 6.45) is 10.1. The highest BCUT2D eigenvalue weighted by atomic mass is 16.4. The van der Waals surface area contributed by atoms with Crippen LogP contribution in [0, 0.1) is 0 Å². The Hall–Kier alpha value is -2.83. The van der Waals surface area contributed by atoms with Gasteiger partial charge >= 0.3 is 0 Å². The van der Waals surface area contributed by atoms with E-state index in [9.17, 15) is 0 Å². The molecule has 0 bridgehead atoms. The standard InChI is InChI=1S/C14H15N5.C2H4O2/c1-2-8-18(7-1)13-14-17-10-12(11-4-3-5-15-11)19(14)9-6-16-13;1-2(3)4/h3-6,9-10,15H,1-2,7-8H2;1H3,(H,3,4). The molecule has 0 aliphatic carbocycles. The number of carbonyl (C=O) groups is 1. The van der Waals surface area contributed by atoms with Crippen molar-refractivity contribution in [3.05, 3.63) is 36.9 Å². The number of fused-ring (bicyclic) bond motifs is 1. The zero-order chi connectivity index (χ0) is 16.2. The molecule has 0 radical (unpaired) electrons. The Kier molecular flexibility index (Phi) is 4.27. The van der Waals surface area contributed by atoms with Crippen molar-refractivity contribution in [2.45, 2.75) is 19.8 Å². The number of rotatable bonds is 2. The van der Waals surface area contributed by atoms with E-state index in [4.69, 9.17) is 9.90 Å². The molecule has 0 atom stereocenters. The molecule has 0 saturated carbocycles. The van der Waals surface area contributed by atoms with E-state index in [0.29, 0.717) is 0 Å². The minimum atomic E-state index is -0.833. The van der Waals surface area contributed by atoms with Crippen molar-refractivity contribution in [2.24, 2.45) is 0 Å². The largest absolute Gasteiger partial charge is 0.481 e. The summed E-state index contributed by atoms with van der Waals surface area (Å²) in [5.74, 6) is 0.165. The third kappa shape index (κ3) is 3.18. The molecule has 0 spiro atoms. The molecule has 3 aromatic rings. The fourth-order valence-electron chi connectivity index (χ4n) is 2.75. The summed E-state index contributed by atoms with van der Waals surface area (Å²) in [5.41, 5.74) is 3.09. The number of nitrogens with one attached hydrogen (secondary N) is 1. The minimum absolute atomic E-state index is 0.833. The summed E-state index contributed by atoms with van der Waals surface area (Å²) in [4.78, 5) is 23.6. The number of aromatic amines is 1. The Bertz CT molecular complexity index is 784. The molecule has 1 aliphatic rings. The zero-order valence-electron chi connectivity index (χ0n) is 12.9. The molecule has 2 N–H and O–H groups in total. The minimum Gasteiger partial charge on any atom is -0.481 e. The molecule has 0 amide bonds. The number of H-pyrrole nitrogens is 1. The highest BCUT2D eigenvalue weighted by Gasteiger charge is 2.18. The Balaban J connectivity index is 0.000000354. The first-order valence-corrected chi connectivity index (χ1v) is 7.57. The molecule has 0 unspecified atom stereocenters. The summed E-state index contributed by atoms with van der Waals surface area (Å²) in [6.45, 7) is 3.24. The van der Waals surface area contributed by atoms with Gasteiger partial charge in [0.25, 0.3) is 5.97 Å². The number of aromatic nitrogens is 4. The van der Waals surface area contributed by atoms with Gasteiger partial charge in [-0.15, -0.1) is 0 Å². The SMILES string of the molecule is CC(=O)O.c1c[nH]c(-c2cnc3c(N4CCCC4)nccn23)c1. The monoisotopic (exact) mass is 313 g/mol. The lowest BCUT2D eigenvalue weighted by Gasteiger charge is -2.16. The molecule has 3 aromatic heterocycles. The lowest BCUT2D eigenvalue weighted by molar-refractivity contribution is -0.134. The van der Waals surface area contributed by atoms with Crippen molar-refractivity contribution in [2.75, 3.05) is 18.0 Å². The third-order valence-electron chi connectivity index (χ3n) is 3.69. The van der Waals surface area contributed by atoms with Gasteiger partial charge < -0.3 is 15.0 Å². The number of carboxylic acid groups (broad SMARTS) is 1. The van der Waals surface area contributed by atoms with Gasteiger partial charge in [0.1, 0.15) is 0 Å². The Morgan fingerprint density at radius 2 is 2.04 bits per heavy atom. The van der Waals surface area contributed by atoms with Crippen LogP contribution in [0.3, 0.4) is 0 Å². The second kappa shape index (κ2) is 6.51. The zero-order valence-corrected chi connectivity index (χ0v) is 12.9. The molecule has 23 heavy (non-hydrogen) atoms. The molecule has 1 saturated heterocycles. The van der Waals surface area contributed by atoms with E-state index >= 15 is 0 Å². The van der Waals surface area contributed by atoms with Gasteiger partial charge in [-0.3, -0.25) is 9.20 Å². The maximum Gasteiger partial charge on any atom is 0.300 e. The van der Waals surface area contributed by atoms with Crippen LogP contribution in [0.2, 0.25) is 0 Å². The van der Waals surface area contributed by atoms with Gasteiger partial charge in [-0.2, -0.15) is 0 Å². The maximum absolute atomic E-state index is 9.00. The van der Waals surface area contributed by atoms with Gasteiger partial charge in [-0.25, -0.2) is 9.97 Å². The lowest BCUT2D eigenvalue weighted by Crippen LogP contribution is -2.19. The summed E-state index contributed by atoms with van der Waals surface area (Å²) >= 11 is 0. The molecule has 1 fully saturated rings. The number of carboxylic acids is 1. The van der Waals surface area contributed by atoms with Crippen molar-refractivity contribution < 1.29 is 9.90 Å². The van der Waals surface area contributed by atoms with Crippen LogP contribution in [0.15, 0.2) is 36.9 Å². The Labute approximate surface area is 133 Å². The van der Waals surface area contributed by atoms with E-state index in [1.165, 1.54) is 12.8 Å². The van der Waals surface area contributed by atoms with E-state index in [-0.39, 0.29) is 0 Å².